The molecule has 0 radical (unpaired) electrons. The largest absolute Gasteiger partial charge is 0.497 e. The van der Waals surface area contributed by atoms with E-state index in [4.69, 9.17) is 23.9 Å². The second kappa shape index (κ2) is 13.4. The first-order valence-corrected chi connectivity index (χ1v) is 15.3. The minimum atomic E-state index is -0.754. The first kappa shape index (κ1) is 30.7. The van der Waals surface area contributed by atoms with Crippen LogP contribution in [-0.4, -0.2) is 51.0 Å². The number of ether oxygens (including phenoxy) is 4. The molecule has 0 fully saturated rings. The van der Waals surface area contributed by atoms with Crippen LogP contribution in [0.1, 0.15) is 51.9 Å². The summed E-state index contributed by atoms with van der Waals surface area (Å²) in [5.41, 5.74) is 4.10. The van der Waals surface area contributed by atoms with Gasteiger partial charge in [-0.1, -0.05) is 30.3 Å². The number of hydrogen-bond donors (Lipinski definition) is 0. The number of methoxy groups -OCH3 is 3. The minimum absolute atomic E-state index is 0.118. The van der Waals surface area contributed by atoms with Gasteiger partial charge in [-0.15, -0.1) is 0 Å². The van der Waals surface area contributed by atoms with Crippen LogP contribution in [-0.2, 0) is 43.8 Å². The molecule has 0 unspecified atom stereocenters. The van der Waals surface area contributed by atoms with Crippen LogP contribution >= 0.6 is 0 Å². The number of fused-ring (bicyclic) bond motifs is 3. The lowest BCUT2D eigenvalue weighted by molar-refractivity contribution is 0.0592. The SMILES string of the molecule is CCn1c(Cn2ccnc2)nc2c1CCCc1c(OCc3ccccc3)c(C(=O)OC)c(=O)n(Cc3ccc(OC)cc3OC)c1-2. The van der Waals surface area contributed by atoms with Crippen LogP contribution in [0.5, 0.6) is 17.2 Å². The standard InChI is InChI=1S/C35H37N5O6/c1-5-39-27-13-9-12-26-32(31(27)37-29(39)20-38-17-16-36-22-38)40(19-24-14-15-25(43-2)18-28(24)44-3)34(41)30(35(42)45-4)33(26)46-21-23-10-7-6-8-11-23/h6-8,10-11,14-18,22H,5,9,12-13,19-21H2,1-4H3. The third-order valence-corrected chi connectivity index (χ3v) is 8.37. The van der Waals surface area contributed by atoms with Gasteiger partial charge in [0.05, 0.1) is 46.4 Å². The van der Waals surface area contributed by atoms with Crippen LogP contribution in [0.15, 0.2) is 72.0 Å². The number of pyridine rings is 1. The van der Waals surface area contributed by atoms with Crippen molar-refractivity contribution in [2.75, 3.05) is 21.3 Å². The third-order valence-electron chi connectivity index (χ3n) is 8.37. The van der Waals surface area contributed by atoms with E-state index in [1.807, 2.05) is 53.2 Å². The summed E-state index contributed by atoms with van der Waals surface area (Å²) < 4.78 is 28.5. The van der Waals surface area contributed by atoms with E-state index in [0.717, 1.165) is 41.1 Å². The summed E-state index contributed by atoms with van der Waals surface area (Å²) in [6.07, 6.45) is 7.48. The Balaban J connectivity index is 1.62. The van der Waals surface area contributed by atoms with Crippen molar-refractivity contribution in [2.24, 2.45) is 0 Å². The number of esters is 1. The van der Waals surface area contributed by atoms with E-state index in [1.165, 1.54) is 7.11 Å². The Kier molecular flexibility index (Phi) is 8.91. The highest BCUT2D eigenvalue weighted by molar-refractivity contribution is 5.93. The lowest BCUT2D eigenvalue weighted by Gasteiger charge is -2.22. The van der Waals surface area contributed by atoms with Gasteiger partial charge in [-0.3, -0.25) is 4.79 Å². The zero-order valence-corrected chi connectivity index (χ0v) is 26.5. The number of imidazole rings is 2. The Labute approximate surface area is 267 Å². The maximum absolute atomic E-state index is 14.6. The van der Waals surface area contributed by atoms with E-state index in [-0.39, 0.29) is 24.5 Å². The Bertz CT molecular complexity index is 1910. The Hall–Kier alpha value is -5.32. The molecule has 0 bridgehead atoms. The molecule has 0 N–H and O–H groups in total. The summed E-state index contributed by atoms with van der Waals surface area (Å²) >= 11 is 0. The van der Waals surface area contributed by atoms with Crippen molar-refractivity contribution in [3.63, 3.8) is 0 Å². The highest BCUT2D eigenvalue weighted by atomic mass is 16.5. The predicted octanol–water partition coefficient (Wildman–Crippen LogP) is 4.90. The van der Waals surface area contributed by atoms with Crippen LogP contribution in [0.4, 0.5) is 0 Å². The average molecular weight is 624 g/mol. The van der Waals surface area contributed by atoms with Gasteiger partial charge in [-0.05, 0) is 43.9 Å². The molecule has 46 heavy (non-hydrogen) atoms. The molecule has 11 heteroatoms. The smallest absolute Gasteiger partial charge is 0.347 e. The monoisotopic (exact) mass is 623 g/mol. The first-order valence-electron chi connectivity index (χ1n) is 15.3. The highest BCUT2D eigenvalue weighted by Crippen LogP contribution is 2.39. The molecule has 11 nitrogen and oxygen atoms in total. The van der Waals surface area contributed by atoms with Gasteiger partial charge in [0.15, 0.2) is 5.56 Å². The number of carbonyl (C=O) groups is 1. The summed E-state index contributed by atoms with van der Waals surface area (Å²) in [5, 5.41) is 0. The van der Waals surface area contributed by atoms with Gasteiger partial charge in [0.2, 0.25) is 0 Å². The minimum Gasteiger partial charge on any atom is -0.497 e. The normalized spacial score (nSPS) is 12.2. The summed E-state index contributed by atoms with van der Waals surface area (Å²) in [5.74, 6) is 1.51. The van der Waals surface area contributed by atoms with Gasteiger partial charge in [0.1, 0.15) is 35.4 Å². The van der Waals surface area contributed by atoms with Crippen molar-refractivity contribution in [1.29, 1.82) is 0 Å². The molecule has 0 amide bonds. The van der Waals surface area contributed by atoms with Crippen LogP contribution in [0, 0.1) is 0 Å². The summed E-state index contributed by atoms with van der Waals surface area (Å²) in [6.45, 7) is 3.61. The summed E-state index contributed by atoms with van der Waals surface area (Å²) in [6, 6.07) is 15.1. The maximum atomic E-state index is 14.6. The number of hydrogen-bond acceptors (Lipinski definition) is 8. The van der Waals surface area contributed by atoms with Crippen LogP contribution in [0.3, 0.4) is 0 Å². The van der Waals surface area contributed by atoms with E-state index in [0.29, 0.717) is 42.4 Å². The average Bonchev–Trinajstić information content (AvgIpc) is 3.68. The van der Waals surface area contributed by atoms with Gasteiger partial charge in [0, 0.05) is 41.8 Å². The molecule has 1 aliphatic carbocycles. The van der Waals surface area contributed by atoms with Crippen LogP contribution in [0.25, 0.3) is 11.4 Å². The topological polar surface area (TPSA) is 112 Å². The van der Waals surface area contributed by atoms with Crippen molar-refractivity contribution in [3.05, 3.63) is 111 Å². The summed E-state index contributed by atoms with van der Waals surface area (Å²) in [4.78, 5) is 37.4. The van der Waals surface area contributed by atoms with Gasteiger partial charge in [0.25, 0.3) is 5.56 Å². The second-order valence-electron chi connectivity index (χ2n) is 11.0. The predicted molar refractivity (Wildman–Crippen MR) is 172 cm³/mol. The van der Waals surface area contributed by atoms with Crippen molar-refractivity contribution >= 4 is 5.97 Å². The molecule has 0 saturated carbocycles. The fraction of sp³-hybridized carbons (Fsp3) is 0.314. The zero-order valence-electron chi connectivity index (χ0n) is 26.5. The Morgan fingerprint density at radius 1 is 0.978 bits per heavy atom. The number of aromatic nitrogens is 5. The van der Waals surface area contributed by atoms with E-state index in [2.05, 4.69) is 16.5 Å². The highest BCUT2D eigenvalue weighted by Gasteiger charge is 2.33. The molecule has 1 aliphatic rings. The third kappa shape index (κ3) is 5.76. The van der Waals surface area contributed by atoms with Crippen molar-refractivity contribution in [1.82, 2.24) is 23.7 Å². The van der Waals surface area contributed by atoms with Crippen molar-refractivity contribution < 1.29 is 23.7 Å². The first-order chi connectivity index (χ1) is 22.5. The van der Waals surface area contributed by atoms with E-state index < -0.39 is 11.5 Å². The molecular weight excluding hydrogens is 586 g/mol. The fourth-order valence-electron chi connectivity index (χ4n) is 6.18. The molecule has 238 valence electrons. The lowest BCUT2D eigenvalue weighted by Crippen LogP contribution is -2.31. The molecule has 3 aromatic heterocycles. The molecule has 2 aromatic carbocycles. The molecular formula is C35H37N5O6. The van der Waals surface area contributed by atoms with Gasteiger partial charge < -0.3 is 32.6 Å². The molecule has 0 spiro atoms. The fourth-order valence-corrected chi connectivity index (χ4v) is 6.18. The molecule has 5 aromatic rings. The van der Waals surface area contributed by atoms with Crippen molar-refractivity contribution in [3.8, 4) is 28.6 Å². The molecule has 3 heterocycles. The molecule has 6 rings (SSSR count). The number of carbonyl (C=O) groups excluding carboxylic acids is 1. The quantitative estimate of drug-likeness (QED) is 0.191. The molecule has 0 saturated heterocycles. The maximum Gasteiger partial charge on any atom is 0.347 e. The number of benzene rings is 2. The lowest BCUT2D eigenvalue weighted by atomic mass is 10.0. The van der Waals surface area contributed by atoms with E-state index >= 15 is 0 Å². The zero-order chi connectivity index (χ0) is 32.2. The van der Waals surface area contributed by atoms with Gasteiger partial charge in [-0.25, -0.2) is 14.8 Å². The second-order valence-corrected chi connectivity index (χ2v) is 11.0. The van der Waals surface area contributed by atoms with Gasteiger partial charge in [-0.2, -0.15) is 0 Å². The van der Waals surface area contributed by atoms with Crippen LogP contribution < -0.4 is 19.8 Å². The summed E-state index contributed by atoms with van der Waals surface area (Å²) in [7, 11) is 4.43. The van der Waals surface area contributed by atoms with Crippen molar-refractivity contribution in [2.45, 2.75) is 52.4 Å². The number of rotatable bonds is 11. The molecule has 0 aliphatic heterocycles. The van der Waals surface area contributed by atoms with Crippen LogP contribution in [0.2, 0.25) is 0 Å². The Morgan fingerprint density at radius 2 is 1.80 bits per heavy atom. The van der Waals surface area contributed by atoms with E-state index in [9.17, 15) is 9.59 Å². The van der Waals surface area contributed by atoms with Gasteiger partial charge >= 0.3 is 5.97 Å². The molecule has 0 atom stereocenters. The van der Waals surface area contributed by atoms with E-state index in [1.54, 1.807) is 37.4 Å². The number of nitrogens with zero attached hydrogens (tertiary/aromatic N) is 5. The Morgan fingerprint density at radius 3 is 2.50 bits per heavy atom.